The zero-order valence-electron chi connectivity index (χ0n) is 16.1. The monoisotopic (exact) mass is 364 g/mol. The van der Waals surface area contributed by atoms with Crippen molar-refractivity contribution in [3.8, 4) is 0 Å². The van der Waals surface area contributed by atoms with Crippen molar-refractivity contribution in [1.82, 2.24) is 0 Å². The van der Waals surface area contributed by atoms with Crippen molar-refractivity contribution < 1.29 is 23.8 Å². The molecule has 5 heteroatoms. The number of esters is 1. The van der Waals surface area contributed by atoms with Gasteiger partial charge in [0.25, 0.3) is 0 Å². The van der Waals surface area contributed by atoms with Gasteiger partial charge in [-0.3, -0.25) is 4.79 Å². The van der Waals surface area contributed by atoms with Crippen LogP contribution in [0.2, 0.25) is 0 Å². The third kappa shape index (κ3) is 3.57. The van der Waals surface area contributed by atoms with Crippen LogP contribution < -0.4 is 0 Å². The van der Waals surface area contributed by atoms with Gasteiger partial charge in [0.1, 0.15) is 0 Å². The minimum atomic E-state index is -0.674. The summed E-state index contributed by atoms with van der Waals surface area (Å²) in [5, 5.41) is 0. The lowest BCUT2D eigenvalue weighted by Gasteiger charge is -2.56. The Hall–Kier alpha value is -0.940. The van der Waals surface area contributed by atoms with E-state index >= 15 is 0 Å². The van der Waals surface area contributed by atoms with Gasteiger partial charge in [0.15, 0.2) is 18.0 Å². The zero-order chi connectivity index (χ0) is 18.3. The van der Waals surface area contributed by atoms with E-state index in [-0.39, 0.29) is 17.3 Å². The molecular weight excluding hydrogens is 332 g/mol. The number of ketones is 1. The highest BCUT2D eigenvalue weighted by molar-refractivity contribution is 5.91. The summed E-state index contributed by atoms with van der Waals surface area (Å²) in [6.45, 7) is 4.61. The molecule has 0 aromatic carbocycles. The van der Waals surface area contributed by atoms with Gasteiger partial charge in [0, 0.05) is 12.0 Å². The molecule has 4 saturated carbocycles. The first kappa shape index (κ1) is 18.4. The van der Waals surface area contributed by atoms with Gasteiger partial charge in [0.05, 0.1) is 12.7 Å². The molecule has 0 radical (unpaired) electrons. The Morgan fingerprint density at radius 2 is 1.65 bits per heavy atom. The molecule has 3 atom stereocenters. The maximum Gasteiger partial charge on any atom is 0.335 e. The van der Waals surface area contributed by atoms with Gasteiger partial charge in [-0.2, -0.15) is 0 Å². The van der Waals surface area contributed by atoms with Crippen molar-refractivity contribution in [3.05, 3.63) is 0 Å². The summed E-state index contributed by atoms with van der Waals surface area (Å²) in [5.41, 5.74) is -0.226. The summed E-state index contributed by atoms with van der Waals surface area (Å²) in [5.74, 6) is 1.84. The van der Waals surface area contributed by atoms with E-state index in [1.165, 1.54) is 19.3 Å². The van der Waals surface area contributed by atoms with Crippen molar-refractivity contribution >= 4 is 11.8 Å². The van der Waals surface area contributed by atoms with E-state index in [1.807, 2.05) is 0 Å². The number of carbonyl (C=O) groups is 2. The highest BCUT2D eigenvalue weighted by atomic mass is 16.6. The van der Waals surface area contributed by atoms with Crippen LogP contribution in [0.25, 0.3) is 0 Å². The molecule has 0 N–H and O–H groups in total. The Bertz CT molecular complexity index is 515. The summed E-state index contributed by atoms with van der Waals surface area (Å²) in [6, 6.07) is 0. The minimum absolute atomic E-state index is 0.0799. The lowest BCUT2D eigenvalue weighted by atomic mass is 9.48. The summed E-state index contributed by atoms with van der Waals surface area (Å²) in [7, 11) is 0. The highest BCUT2D eigenvalue weighted by Gasteiger charge is 2.55. The molecule has 4 bridgehead atoms. The number of carbonyl (C=O) groups excluding carboxylic acids is 2. The second-order valence-corrected chi connectivity index (χ2v) is 9.25. The zero-order valence-corrected chi connectivity index (χ0v) is 16.1. The summed E-state index contributed by atoms with van der Waals surface area (Å²) < 4.78 is 16.6. The molecule has 4 aliphatic carbocycles. The molecule has 3 unspecified atom stereocenters. The topological polar surface area (TPSA) is 61.8 Å². The Morgan fingerprint density at radius 3 is 2.19 bits per heavy atom. The van der Waals surface area contributed by atoms with Crippen LogP contribution in [0.1, 0.15) is 65.2 Å². The van der Waals surface area contributed by atoms with Gasteiger partial charge in [0.2, 0.25) is 0 Å². The molecule has 146 valence electrons. The number of Topliss-reactive ketones (excluding diaryl/α,β-unsaturated/α-hetero) is 1. The average molecular weight is 364 g/mol. The lowest BCUT2D eigenvalue weighted by Crippen LogP contribution is -2.53. The Morgan fingerprint density at radius 1 is 1.04 bits per heavy atom. The molecule has 1 saturated heterocycles. The first-order valence-corrected chi connectivity index (χ1v) is 10.4. The Labute approximate surface area is 156 Å². The third-order valence-corrected chi connectivity index (χ3v) is 7.11. The first-order chi connectivity index (χ1) is 12.4. The number of ether oxygens (including phenoxy) is 3. The lowest BCUT2D eigenvalue weighted by molar-refractivity contribution is -0.172. The van der Waals surface area contributed by atoms with Crippen molar-refractivity contribution in [1.29, 1.82) is 0 Å². The molecule has 1 aliphatic heterocycles. The van der Waals surface area contributed by atoms with Gasteiger partial charge in [-0.15, -0.1) is 0 Å². The summed E-state index contributed by atoms with van der Waals surface area (Å²) >= 11 is 0. The normalized spacial score (nSPS) is 40.4. The number of hydrogen-bond acceptors (Lipinski definition) is 5. The van der Waals surface area contributed by atoms with Crippen LogP contribution in [0.15, 0.2) is 0 Å². The van der Waals surface area contributed by atoms with Crippen LogP contribution >= 0.6 is 0 Å². The average Bonchev–Trinajstić information content (AvgIpc) is 3.11. The second kappa shape index (κ2) is 7.23. The first-order valence-electron chi connectivity index (χ1n) is 10.4. The molecule has 5 nitrogen and oxygen atoms in total. The van der Waals surface area contributed by atoms with Crippen LogP contribution in [0.4, 0.5) is 0 Å². The maximum atomic E-state index is 13.2. The fourth-order valence-electron chi connectivity index (χ4n) is 6.26. The summed E-state index contributed by atoms with van der Waals surface area (Å²) in [4.78, 5) is 25.5. The summed E-state index contributed by atoms with van der Waals surface area (Å²) in [6.07, 6.45) is 7.68. The van der Waals surface area contributed by atoms with E-state index in [4.69, 9.17) is 14.2 Å². The maximum absolute atomic E-state index is 13.2. The van der Waals surface area contributed by atoms with E-state index in [9.17, 15) is 9.59 Å². The van der Waals surface area contributed by atoms with E-state index in [0.29, 0.717) is 24.4 Å². The fraction of sp³-hybridized carbons (Fsp3) is 0.905. The SMILES string of the molecule is CC(OCC1CCCO1)C(=O)OC(C)C(=O)C12CC3CC(CC(C3)C1)C2. The van der Waals surface area contributed by atoms with Gasteiger partial charge in [-0.05, 0) is 83.0 Å². The molecule has 5 aliphatic rings. The molecule has 1 heterocycles. The van der Waals surface area contributed by atoms with Crippen molar-refractivity contribution in [2.24, 2.45) is 23.2 Å². The molecule has 26 heavy (non-hydrogen) atoms. The van der Waals surface area contributed by atoms with Gasteiger partial charge < -0.3 is 14.2 Å². The van der Waals surface area contributed by atoms with E-state index in [0.717, 1.165) is 38.7 Å². The smallest absolute Gasteiger partial charge is 0.335 e. The van der Waals surface area contributed by atoms with Crippen LogP contribution in [0.3, 0.4) is 0 Å². The molecule has 0 aromatic heterocycles. The standard InChI is InChI=1S/C21H32O5/c1-13(26-20(23)14(2)25-12-18-4-3-5-24-18)19(22)21-9-15-6-16(10-21)8-17(7-15)11-21/h13-18H,3-12H2,1-2H3. The van der Waals surface area contributed by atoms with Crippen LogP contribution in [-0.2, 0) is 23.8 Å². The largest absolute Gasteiger partial charge is 0.453 e. The van der Waals surface area contributed by atoms with Crippen LogP contribution in [0, 0.1) is 23.2 Å². The molecule has 0 aromatic rings. The van der Waals surface area contributed by atoms with E-state index < -0.39 is 18.2 Å². The van der Waals surface area contributed by atoms with E-state index in [1.54, 1.807) is 13.8 Å². The predicted octanol–water partition coefficient (Wildman–Crippen LogP) is 3.29. The van der Waals surface area contributed by atoms with Crippen LogP contribution in [-0.4, -0.2) is 43.3 Å². The predicted molar refractivity (Wildman–Crippen MR) is 95.6 cm³/mol. The number of hydrogen-bond donors (Lipinski definition) is 0. The van der Waals surface area contributed by atoms with E-state index in [2.05, 4.69) is 0 Å². The highest BCUT2D eigenvalue weighted by Crippen LogP contribution is 2.60. The minimum Gasteiger partial charge on any atom is -0.453 e. The van der Waals surface area contributed by atoms with Gasteiger partial charge >= 0.3 is 5.97 Å². The van der Waals surface area contributed by atoms with Crippen molar-refractivity contribution in [2.45, 2.75) is 83.5 Å². The fourth-order valence-corrected chi connectivity index (χ4v) is 6.26. The molecule has 0 amide bonds. The Kier molecular flexibility index (Phi) is 5.13. The van der Waals surface area contributed by atoms with Gasteiger partial charge in [-0.1, -0.05) is 0 Å². The second-order valence-electron chi connectivity index (χ2n) is 9.25. The molecule has 5 fully saturated rings. The molecular formula is C21H32O5. The van der Waals surface area contributed by atoms with Crippen molar-refractivity contribution in [2.75, 3.05) is 13.2 Å². The molecule has 5 rings (SSSR count). The number of rotatable bonds is 7. The van der Waals surface area contributed by atoms with Crippen molar-refractivity contribution in [3.63, 3.8) is 0 Å². The quantitative estimate of drug-likeness (QED) is 0.649. The Balaban J connectivity index is 1.30. The van der Waals surface area contributed by atoms with Gasteiger partial charge in [-0.25, -0.2) is 4.79 Å². The molecule has 0 spiro atoms. The van der Waals surface area contributed by atoms with Crippen LogP contribution in [0.5, 0.6) is 0 Å². The third-order valence-electron chi connectivity index (χ3n) is 7.11.